The van der Waals surface area contributed by atoms with E-state index in [1.807, 2.05) is 49.1 Å². The summed E-state index contributed by atoms with van der Waals surface area (Å²) in [4.78, 5) is 31.1. The van der Waals surface area contributed by atoms with E-state index in [2.05, 4.69) is 16.1 Å². The molecule has 2 amide bonds. The molecular formula is C23H29N5O3. The zero-order valence-corrected chi connectivity index (χ0v) is 18.2. The fourth-order valence-corrected chi connectivity index (χ4v) is 3.78. The maximum absolute atomic E-state index is 12.8. The molecule has 0 saturated carbocycles. The summed E-state index contributed by atoms with van der Waals surface area (Å²) >= 11 is 0. The number of benzene rings is 1. The van der Waals surface area contributed by atoms with Gasteiger partial charge in [0, 0.05) is 63.4 Å². The highest BCUT2D eigenvalue weighted by molar-refractivity contribution is 5.95. The number of amides is 2. The van der Waals surface area contributed by atoms with Crippen molar-refractivity contribution in [3.05, 3.63) is 47.3 Å². The SMILES string of the molecule is Cc1noc(C)c1CN1CCN(C(=O)CCC(=O)N(CCC#N)c2ccccc2)CC1. The predicted molar refractivity (Wildman–Crippen MR) is 116 cm³/mol. The van der Waals surface area contributed by atoms with E-state index in [1.165, 1.54) is 0 Å². The lowest BCUT2D eigenvalue weighted by Crippen LogP contribution is -2.48. The lowest BCUT2D eigenvalue weighted by Gasteiger charge is -2.34. The van der Waals surface area contributed by atoms with Crippen LogP contribution in [0, 0.1) is 25.2 Å². The smallest absolute Gasteiger partial charge is 0.227 e. The van der Waals surface area contributed by atoms with Crippen molar-refractivity contribution in [2.45, 2.75) is 39.7 Å². The highest BCUT2D eigenvalue weighted by atomic mass is 16.5. The Morgan fingerprint density at radius 3 is 2.45 bits per heavy atom. The number of anilines is 1. The zero-order chi connectivity index (χ0) is 22.2. The molecule has 2 heterocycles. The number of aromatic nitrogens is 1. The first-order valence-corrected chi connectivity index (χ1v) is 10.6. The Kier molecular flexibility index (Phi) is 7.79. The minimum absolute atomic E-state index is 0.00127. The van der Waals surface area contributed by atoms with Crippen LogP contribution >= 0.6 is 0 Å². The molecule has 164 valence electrons. The van der Waals surface area contributed by atoms with Gasteiger partial charge in [0.25, 0.3) is 0 Å². The average Bonchev–Trinajstić information content (AvgIpc) is 3.11. The Labute approximate surface area is 183 Å². The number of piperazine rings is 1. The van der Waals surface area contributed by atoms with Crippen molar-refractivity contribution in [3.8, 4) is 6.07 Å². The maximum Gasteiger partial charge on any atom is 0.227 e. The second-order valence-corrected chi connectivity index (χ2v) is 7.75. The number of hydrogen-bond donors (Lipinski definition) is 0. The summed E-state index contributed by atoms with van der Waals surface area (Å²) < 4.78 is 5.23. The second-order valence-electron chi connectivity index (χ2n) is 7.75. The monoisotopic (exact) mass is 423 g/mol. The number of aryl methyl sites for hydroxylation is 2. The van der Waals surface area contributed by atoms with Crippen molar-refractivity contribution < 1.29 is 14.1 Å². The Morgan fingerprint density at radius 2 is 1.84 bits per heavy atom. The molecule has 8 nitrogen and oxygen atoms in total. The number of rotatable bonds is 8. The molecule has 0 radical (unpaired) electrons. The molecule has 8 heteroatoms. The summed E-state index contributed by atoms with van der Waals surface area (Å²) in [6.45, 7) is 7.81. The number of carbonyl (C=O) groups excluding carboxylic acids is 2. The first-order valence-electron chi connectivity index (χ1n) is 10.6. The summed E-state index contributed by atoms with van der Waals surface area (Å²) in [6, 6.07) is 11.4. The van der Waals surface area contributed by atoms with E-state index in [4.69, 9.17) is 9.78 Å². The summed E-state index contributed by atoms with van der Waals surface area (Å²) in [5.74, 6) is 0.708. The minimum Gasteiger partial charge on any atom is -0.361 e. The molecule has 0 bridgehead atoms. The van der Waals surface area contributed by atoms with Gasteiger partial charge in [0.15, 0.2) is 0 Å². The fourth-order valence-electron chi connectivity index (χ4n) is 3.78. The van der Waals surface area contributed by atoms with Gasteiger partial charge in [-0.25, -0.2) is 0 Å². The van der Waals surface area contributed by atoms with E-state index in [0.29, 0.717) is 19.6 Å². The van der Waals surface area contributed by atoms with E-state index < -0.39 is 0 Å². The zero-order valence-electron chi connectivity index (χ0n) is 18.2. The second kappa shape index (κ2) is 10.7. The molecule has 1 saturated heterocycles. The van der Waals surface area contributed by atoms with Gasteiger partial charge in [-0.1, -0.05) is 23.4 Å². The van der Waals surface area contributed by atoms with Gasteiger partial charge in [0.05, 0.1) is 18.2 Å². The van der Waals surface area contributed by atoms with Gasteiger partial charge in [-0.3, -0.25) is 14.5 Å². The third kappa shape index (κ3) is 5.92. The Hall–Kier alpha value is -3.18. The summed E-state index contributed by atoms with van der Waals surface area (Å²) in [6.07, 6.45) is 0.568. The molecule has 0 N–H and O–H groups in total. The first-order chi connectivity index (χ1) is 15.0. The van der Waals surface area contributed by atoms with Crippen molar-refractivity contribution in [2.24, 2.45) is 0 Å². The number of nitriles is 1. The molecule has 1 aromatic carbocycles. The average molecular weight is 424 g/mol. The van der Waals surface area contributed by atoms with Crippen molar-refractivity contribution in [3.63, 3.8) is 0 Å². The number of para-hydroxylation sites is 1. The first kappa shape index (κ1) is 22.5. The molecule has 1 aliphatic rings. The van der Waals surface area contributed by atoms with Crippen molar-refractivity contribution in [1.82, 2.24) is 15.0 Å². The summed E-state index contributed by atoms with van der Waals surface area (Å²) in [7, 11) is 0. The van der Waals surface area contributed by atoms with Crippen LogP contribution in [-0.4, -0.2) is 59.5 Å². The van der Waals surface area contributed by atoms with Gasteiger partial charge >= 0.3 is 0 Å². The highest BCUT2D eigenvalue weighted by Gasteiger charge is 2.24. The van der Waals surface area contributed by atoms with Crippen LogP contribution in [-0.2, 0) is 16.1 Å². The van der Waals surface area contributed by atoms with Gasteiger partial charge in [-0.05, 0) is 26.0 Å². The van der Waals surface area contributed by atoms with Crippen LogP contribution in [0.2, 0.25) is 0 Å². The van der Waals surface area contributed by atoms with Crippen molar-refractivity contribution in [1.29, 1.82) is 5.26 Å². The molecule has 2 aromatic rings. The molecule has 31 heavy (non-hydrogen) atoms. The van der Waals surface area contributed by atoms with E-state index in [9.17, 15) is 9.59 Å². The normalized spacial score (nSPS) is 14.3. The van der Waals surface area contributed by atoms with E-state index in [-0.39, 0.29) is 31.1 Å². The van der Waals surface area contributed by atoms with Crippen LogP contribution in [0.25, 0.3) is 0 Å². The largest absolute Gasteiger partial charge is 0.361 e. The number of nitrogens with zero attached hydrogens (tertiary/aromatic N) is 5. The van der Waals surface area contributed by atoms with Crippen LogP contribution in [0.5, 0.6) is 0 Å². The molecule has 0 aliphatic carbocycles. The quantitative estimate of drug-likeness (QED) is 0.648. The molecule has 1 aromatic heterocycles. The third-order valence-electron chi connectivity index (χ3n) is 5.66. The lowest BCUT2D eigenvalue weighted by molar-refractivity contribution is -0.134. The third-order valence-corrected chi connectivity index (χ3v) is 5.66. The van der Waals surface area contributed by atoms with Gasteiger partial charge in [-0.2, -0.15) is 5.26 Å². The molecule has 3 rings (SSSR count). The van der Waals surface area contributed by atoms with Crippen LogP contribution in [0.3, 0.4) is 0 Å². The topological polar surface area (TPSA) is 93.7 Å². The molecule has 1 fully saturated rings. The van der Waals surface area contributed by atoms with Crippen molar-refractivity contribution in [2.75, 3.05) is 37.6 Å². The number of hydrogen-bond acceptors (Lipinski definition) is 6. The molecule has 0 atom stereocenters. The van der Waals surface area contributed by atoms with Crippen LogP contribution in [0.1, 0.15) is 36.3 Å². The van der Waals surface area contributed by atoms with Gasteiger partial charge < -0.3 is 14.3 Å². The molecular weight excluding hydrogens is 394 g/mol. The van der Waals surface area contributed by atoms with Crippen LogP contribution < -0.4 is 4.90 Å². The van der Waals surface area contributed by atoms with Gasteiger partial charge in [0.1, 0.15) is 5.76 Å². The highest BCUT2D eigenvalue weighted by Crippen LogP contribution is 2.18. The number of carbonyl (C=O) groups is 2. The molecule has 1 aliphatic heterocycles. The Morgan fingerprint density at radius 1 is 1.13 bits per heavy atom. The molecule has 0 unspecified atom stereocenters. The Bertz CT molecular complexity index is 907. The summed E-state index contributed by atoms with van der Waals surface area (Å²) in [5.41, 5.74) is 2.78. The van der Waals surface area contributed by atoms with Gasteiger partial charge in [0.2, 0.25) is 11.8 Å². The van der Waals surface area contributed by atoms with Crippen LogP contribution in [0.15, 0.2) is 34.9 Å². The predicted octanol–water partition coefficient (Wildman–Crippen LogP) is 2.66. The van der Waals surface area contributed by atoms with E-state index in [1.54, 1.807) is 4.90 Å². The van der Waals surface area contributed by atoms with Crippen LogP contribution in [0.4, 0.5) is 5.69 Å². The van der Waals surface area contributed by atoms with Gasteiger partial charge in [-0.15, -0.1) is 0 Å². The van der Waals surface area contributed by atoms with E-state index >= 15 is 0 Å². The lowest BCUT2D eigenvalue weighted by atomic mass is 10.1. The van der Waals surface area contributed by atoms with Crippen molar-refractivity contribution >= 4 is 17.5 Å². The molecule has 0 spiro atoms. The summed E-state index contributed by atoms with van der Waals surface area (Å²) in [5, 5.41) is 12.9. The standard InChI is InChI=1S/C23H29N5O3/c1-18-21(19(2)31-25-18)17-26-13-15-27(16-14-26)22(29)9-10-23(30)28(12-6-11-24)20-7-4-3-5-8-20/h3-5,7-8H,6,9-10,12-17H2,1-2H3. The fraction of sp³-hybridized carbons (Fsp3) is 0.478. The Balaban J connectivity index is 1.48. The minimum atomic E-state index is -0.133. The maximum atomic E-state index is 12.8. The van der Waals surface area contributed by atoms with E-state index in [0.717, 1.165) is 42.3 Å².